The first-order chi connectivity index (χ1) is 8.58. The topological polar surface area (TPSA) is 68.0 Å². The fourth-order valence-electron chi connectivity index (χ4n) is 1.51. The van der Waals surface area contributed by atoms with Crippen LogP contribution in [0, 0.1) is 12.7 Å². The van der Waals surface area contributed by atoms with Crippen molar-refractivity contribution in [3.05, 3.63) is 53.6 Å². The van der Waals surface area contributed by atoms with E-state index in [0.717, 1.165) is 11.8 Å². The molecule has 2 aromatic rings. The van der Waals surface area contributed by atoms with E-state index in [4.69, 9.17) is 5.73 Å². The van der Waals surface area contributed by atoms with Crippen LogP contribution in [-0.4, -0.2) is 10.9 Å². The van der Waals surface area contributed by atoms with Crippen LogP contribution < -0.4 is 11.1 Å². The highest BCUT2D eigenvalue weighted by atomic mass is 19.1. The largest absolute Gasteiger partial charge is 0.399 e. The van der Waals surface area contributed by atoms with Crippen molar-refractivity contribution in [2.24, 2.45) is 0 Å². The Kier molecular flexibility index (Phi) is 3.23. The highest BCUT2D eigenvalue weighted by Gasteiger charge is 2.11. The number of nitrogens with one attached hydrogen (secondary N) is 1. The first-order valence-electron chi connectivity index (χ1n) is 5.35. The summed E-state index contributed by atoms with van der Waals surface area (Å²) in [7, 11) is 0. The molecule has 0 fully saturated rings. The molecule has 1 heterocycles. The second-order valence-corrected chi connectivity index (χ2v) is 3.88. The fourth-order valence-corrected chi connectivity index (χ4v) is 1.51. The number of carbonyl (C=O) groups excluding carboxylic acids is 1. The Balaban J connectivity index is 2.22. The van der Waals surface area contributed by atoms with Crippen LogP contribution in [-0.2, 0) is 0 Å². The maximum Gasteiger partial charge on any atom is 0.258 e. The average molecular weight is 245 g/mol. The van der Waals surface area contributed by atoms with Gasteiger partial charge in [0, 0.05) is 17.6 Å². The van der Waals surface area contributed by atoms with Gasteiger partial charge in [0.15, 0.2) is 5.82 Å². The van der Waals surface area contributed by atoms with Crippen molar-refractivity contribution in [1.29, 1.82) is 0 Å². The number of aryl methyl sites for hydroxylation is 1. The van der Waals surface area contributed by atoms with Gasteiger partial charge in [0.2, 0.25) is 0 Å². The number of aromatic nitrogens is 1. The quantitative estimate of drug-likeness (QED) is 0.798. The fraction of sp³-hybridized carbons (Fsp3) is 0.0769. The Labute approximate surface area is 104 Å². The summed E-state index contributed by atoms with van der Waals surface area (Å²) in [5.74, 6) is -1.17. The summed E-state index contributed by atoms with van der Waals surface area (Å²) < 4.78 is 13.3. The zero-order chi connectivity index (χ0) is 13.1. The van der Waals surface area contributed by atoms with Crippen molar-refractivity contribution in [1.82, 2.24) is 4.98 Å². The molecular weight excluding hydrogens is 233 g/mol. The van der Waals surface area contributed by atoms with Gasteiger partial charge in [0.05, 0.1) is 11.8 Å². The van der Waals surface area contributed by atoms with Crippen LogP contribution >= 0.6 is 0 Å². The van der Waals surface area contributed by atoms with E-state index in [9.17, 15) is 9.18 Å². The number of nitrogens with two attached hydrogens (primary N) is 1. The Morgan fingerprint density at radius 3 is 2.83 bits per heavy atom. The summed E-state index contributed by atoms with van der Waals surface area (Å²) in [5, 5.41) is 2.60. The molecule has 5 heteroatoms. The van der Waals surface area contributed by atoms with Crippen molar-refractivity contribution < 1.29 is 9.18 Å². The van der Waals surface area contributed by atoms with E-state index in [1.807, 2.05) is 6.92 Å². The predicted octanol–water partition coefficient (Wildman–Crippen LogP) is 2.36. The van der Waals surface area contributed by atoms with Crippen LogP contribution in [0.1, 0.15) is 15.9 Å². The Morgan fingerprint density at radius 2 is 2.17 bits per heavy atom. The van der Waals surface area contributed by atoms with Crippen LogP contribution in [0.5, 0.6) is 0 Å². The molecule has 18 heavy (non-hydrogen) atoms. The lowest BCUT2D eigenvalue weighted by atomic mass is 10.1. The number of benzene rings is 1. The van der Waals surface area contributed by atoms with Gasteiger partial charge in [-0.2, -0.15) is 0 Å². The van der Waals surface area contributed by atoms with Gasteiger partial charge in [0.25, 0.3) is 5.91 Å². The minimum Gasteiger partial charge on any atom is -0.399 e. The van der Waals surface area contributed by atoms with Gasteiger partial charge in [-0.25, -0.2) is 4.39 Å². The number of anilines is 2. The molecule has 92 valence electrons. The van der Waals surface area contributed by atoms with Crippen LogP contribution in [0.3, 0.4) is 0 Å². The maximum atomic E-state index is 13.3. The van der Waals surface area contributed by atoms with Crippen molar-refractivity contribution in [2.75, 3.05) is 11.1 Å². The second-order valence-electron chi connectivity index (χ2n) is 3.88. The third-order valence-electron chi connectivity index (χ3n) is 2.54. The zero-order valence-corrected chi connectivity index (χ0v) is 9.77. The number of nitrogens with zero attached hydrogens (tertiary/aromatic N) is 1. The molecule has 0 spiro atoms. The van der Waals surface area contributed by atoms with Crippen molar-refractivity contribution in [3.63, 3.8) is 0 Å². The number of nitrogen functional groups attached to an aromatic ring is 1. The highest BCUT2D eigenvalue weighted by Crippen LogP contribution is 2.17. The smallest absolute Gasteiger partial charge is 0.258 e. The van der Waals surface area contributed by atoms with Crippen LogP contribution in [0.25, 0.3) is 0 Å². The molecule has 0 aliphatic heterocycles. The molecule has 0 bridgehead atoms. The van der Waals surface area contributed by atoms with E-state index >= 15 is 0 Å². The third kappa shape index (κ3) is 2.45. The van der Waals surface area contributed by atoms with Gasteiger partial charge < -0.3 is 11.1 Å². The second kappa shape index (κ2) is 4.83. The van der Waals surface area contributed by atoms with Crippen molar-refractivity contribution in [3.8, 4) is 0 Å². The number of amides is 1. The molecule has 0 aliphatic rings. The van der Waals surface area contributed by atoms with Crippen LogP contribution in [0.4, 0.5) is 15.8 Å². The lowest BCUT2D eigenvalue weighted by Gasteiger charge is -2.07. The van der Waals surface area contributed by atoms with Crippen LogP contribution in [0.15, 0.2) is 36.7 Å². The van der Waals surface area contributed by atoms with Gasteiger partial charge in [-0.3, -0.25) is 9.78 Å². The Morgan fingerprint density at radius 1 is 1.39 bits per heavy atom. The SMILES string of the molecule is Cc1cc(NC(=O)c2ccncc2F)ccc1N. The number of pyridine rings is 1. The number of rotatable bonds is 2. The molecule has 0 unspecified atom stereocenters. The maximum absolute atomic E-state index is 13.3. The van der Waals surface area contributed by atoms with Crippen molar-refractivity contribution >= 4 is 17.3 Å². The normalized spacial score (nSPS) is 10.1. The third-order valence-corrected chi connectivity index (χ3v) is 2.54. The molecule has 1 aromatic heterocycles. The van der Waals surface area contributed by atoms with Crippen LogP contribution in [0.2, 0.25) is 0 Å². The van der Waals surface area contributed by atoms with Crippen molar-refractivity contribution in [2.45, 2.75) is 6.92 Å². The molecule has 2 rings (SSSR count). The monoisotopic (exact) mass is 245 g/mol. The van der Waals surface area contributed by atoms with E-state index in [1.54, 1.807) is 18.2 Å². The van der Waals surface area contributed by atoms with Gasteiger partial charge in [-0.05, 0) is 36.8 Å². The lowest BCUT2D eigenvalue weighted by molar-refractivity contribution is 0.102. The molecule has 0 saturated carbocycles. The summed E-state index contributed by atoms with van der Waals surface area (Å²) in [6.45, 7) is 1.83. The summed E-state index contributed by atoms with van der Waals surface area (Å²) in [6, 6.07) is 6.41. The molecule has 0 aliphatic carbocycles. The lowest BCUT2D eigenvalue weighted by Crippen LogP contribution is -2.14. The van der Waals surface area contributed by atoms with E-state index < -0.39 is 11.7 Å². The van der Waals surface area contributed by atoms with E-state index in [0.29, 0.717) is 11.4 Å². The van der Waals surface area contributed by atoms with Gasteiger partial charge >= 0.3 is 0 Å². The minimum atomic E-state index is -0.651. The summed E-state index contributed by atoms with van der Waals surface area (Å²) in [6.07, 6.45) is 2.37. The zero-order valence-electron chi connectivity index (χ0n) is 9.77. The first kappa shape index (κ1) is 12.0. The minimum absolute atomic E-state index is 0.0421. The molecule has 0 radical (unpaired) electrons. The highest BCUT2D eigenvalue weighted by molar-refractivity contribution is 6.04. The number of carbonyl (C=O) groups is 1. The predicted molar refractivity (Wildman–Crippen MR) is 67.7 cm³/mol. The summed E-state index contributed by atoms with van der Waals surface area (Å²) in [4.78, 5) is 15.4. The molecule has 1 aromatic carbocycles. The summed E-state index contributed by atoms with van der Waals surface area (Å²) in [5.41, 5.74) is 7.70. The molecule has 4 nitrogen and oxygen atoms in total. The number of hydrogen-bond donors (Lipinski definition) is 2. The van der Waals surface area contributed by atoms with E-state index in [2.05, 4.69) is 10.3 Å². The van der Waals surface area contributed by atoms with E-state index in [-0.39, 0.29) is 5.56 Å². The molecule has 0 saturated heterocycles. The molecule has 0 atom stereocenters. The van der Waals surface area contributed by atoms with Gasteiger partial charge in [-0.1, -0.05) is 0 Å². The first-order valence-corrected chi connectivity index (χ1v) is 5.35. The molecule has 1 amide bonds. The standard InChI is InChI=1S/C13H12FN3O/c1-8-6-9(2-3-12(8)15)17-13(18)10-4-5-16-7-11(10)14/h2-7H,15H2,1H3,(H,17,18). The Bertz CT molecular complexity index is 599. The number of halogens is 1. The summed E-state index contributed by atoms with van der Waals surface area (Å²) >= 11 is 0. The number of hydrogen-bond acceptors (Lipinski definition) is 3. The molecule has 3 N–H and O–H groups in total. The Hall–Kier alpha value is -2.43. The van der Waals surface area contributed by atoms with Gasteiger partial charge in [0.1, 0.15) is 0 Å². The molecular formula is C13H12FN3O. The van der Waals surface area contributed by atoms with Gasteiger partial charge in [-0.15, -0.1) is 0 Å². The van der Waals surface area contributed by atoms with E-state index in [1.165, 1.54) is 12.3 Å². The average Bonchev–Trinajstić information content (AvgIpc) is 2.34.